The number of ether oxygens (including phenoxy) is 1. The summed E-state index contributed by atoms with van der Waals surface area (Å²) in [7, 11) is 0. The quantitative estimate of drug-likeness (QED) is 0.146. The molecule has 1 atom stereocenters. The Labute approximate surface area is 180 Å². The average Bonchev–Trinajstić information content (AvgIpc) is 2.82. The van der Waals surface area contributed by atoms with Crippen molar-refractivity contribution in [3.05, 3.63) is 122 Å². The molecule has 0 aliphatic rings. The van der Waals surface area contributed by atoms with Crippen molar-refractivity contribution in [2.75, 3.05) is 0 Å². The standard InChI is InChI=1S/C24H15NO7/c26-21(15-6-2-1-3-7-15)22(16-10-12-18(13-11-16)25(29)30)32-24(28)19-14-17-8-4-5-9-20(17)31-23(19)27/h1-14,22H/t22-/m1/s1. The van der Waals surface area contributed by atoms with Gasteiger partial charge in [0.05, 0.1) is 4.92 Å². The zero-order valence-electron chi connectivity index (χ0n) is 16.5. The molecule has 4 rings (SSSR count). The molecule has 0 saturated heterocycles. The maximum Gasteiger partial charge on any atom is 0.351 e. The van der Waals surface area contributed by atoms with Crippen LogP contribution in [0.25, 0.3) is 11.0 Å². The zero-order chi connectivity index (χ0) is 22.7. The number of benzene rings is 3. The van der Waals surface area contributed by atoms with Gasteiger partial charge in [-0.2, -0.15) is 0 Å². The molecule has 3 aromatic carbocycles. The highest BCUT2D eigenvalue weighted by Crippen LogP contribution is 2.26. The molecule has 0 spiro atoms. The number of nitro benzene ring substituents is 1. The van der Waals surface area contributed by atoms with E-state index in [1.807, 2.05) is 0 Å². The summed E-state index contributed by atoms with van der Waals surface area (Å²) in [4.78, 5) is 48.7. The van der Waals surface area contributed by atoms with Crippen molar-refractivity contribution in [2.45, 2.75) is 6.10 Å². The van der Waals surface area contributed by atoms with E-state index in [1.165, 1.54) is 30.3 Å². The number of nitrogens with zero attached hydrogens (tertiary/aromatic N) is 1. The van der Waals surface area contributed by atoms with E-state index in [0.717, 1.165) is 0 Å². The first-order valence-corrected chi connectivity index (χ1v) is 9.51. The number of rotatable bonds is 6. The molecule has 4 aromatic rings. The molecule has 1 aromatic heterocycles. The summed E-state index contributed by atoms with van der Waals surface area (Å²) in [5.41, 5.74) is -0.639. The van der Waals surface area contributed by atoms with Crippen LogP contribution < -0.4 is 5.63 Å². The lowest BCUT2D eigenvalue weighted by Crippen LogP contribution is -2.23. The number of non-ortho nitro benzene ring substituents is 1. The Morgan fingerprint density at radius 2 is 1.56 bits per heavy atom. The van der Waals surface area contributed by atoms with Gasteiger partial charge in [0, 0.05) is 28.6 Å². The van der Waals surface area contributed by atoms with E-state index in [1.54, 1.807) is 54.6 Å². The summed E-state index contributed by atoms with van der Waals surface area (Å²) in [6.07, 6.45) is -1.42. The largest absolute Gasteiger partial charge is 0.445 e. The van der Waals surface area contributed by atoms with Crippen LogP contribution in [0.3, 0.4) is 0 Å². The first kappa shape index (κ1) is 20.7. The fraction of sp³-hybridized carbons (Fsp3) is 0.0417. The van der Waals surface area contributed by atoms with Crippen molar-refractivity contribution in [2.24, 2.45) is 0 Å². The average molecular weight is 429 g/mol. The maximum atomic E-state index is 13.1. The molecule has 0 aliphatic heterocycles. The van der Waals surface area contributed by atoms with Gasteiger partial charge in [-0.25, -0.2) is 9.59 Å². The molecular weight excluding hydrogens is 414 g/mol. The van der Waals surface area contributed by atoms with Crippen molar-refractivity contribution >= 4 is 28.4 Å². The lowest BCUT2D eigenvalue weighted by molar-refractivity contribution is -0.384. The normalized spacial score (nSPS) is 11.6. The molecule has 1 heterocycles. The molecule has 0 fully saturated rings. The van der Waals surface area contributed by atoms with Gasteiger partial charge in [0.2, 0.25) is 5.78 Å². The number of ketones is 1. The third-order valence-corrected chi connectivity index (χ3v) is 4.79. The SMILES string of the molecule is O=C(O[C@@H](C(=O)c1ccccc1)c1ccc([N+](=O)[O-])cc1)c1cc2ccccc2oc1=O. The molecule has 0 amide bonds. The smallest absolute Gasteiger partial charge is 0.351 e. The second-order valence-corrected chi connectivity index (χ2v) is 6.85. The predicted molar refractivity (Wildman–Crippen MR) is 115 cm³/mol. The first-order valence-electron chi connectivity index (χ1n) is 9.51. The second kappa shape index (κ2) is 8.65. The lowest BCUT2D eigenvalue weighted by Gasteiger charge is -2.17. The highest BCUT2D eigenvalue weighted by molar-refractivity contribution is 6.02. The molecule has 0 saturated carbocycles. The van der Waals surface area contributed by atoms with Gasteiger partial charge >= 0.3 is 11.6 Å². The number of para-hydroxylation sites is 1. The number of fused-ring (bicyclic) bond motifs is 1. The van der Waals surface area contributed by atoms with E-state index in [0.29, 0.717) is 11.0 Å². The highest BCUT2D eigenvalue weighted by Gasteiger charge is 2.28. The Balaban J connectivity index is 1.72. The van der Waals surface area contributed by atoms with E-state index in [-0.39, 0.29) is 22.4 Å². The number of carbonyl (C=O) groups excluding carboxylic acids is 2. The minimum atomic E-state index is -1.42. The van der Waals surface area contributed by atoms with Crippen LogP contribution in [0.1, 0.15) is 32.4 Å². The fourth-order valence-electron chi connectivity index (χ4n) is 3.17. The van der Waals surface area contributed by atoms with Gasteiger partial charge in [-0.05, 0) is 24.3 Å². The number of carbonyl (C=O) groups is 2. The highest BCUT2D eigenvalue weighted by atomic mass is 16.6. The monoisotopic (exact) mass is 429 g/mol. The van der Waals surface area contributed by atoms with Gasteiger partial charge in [0.25, 0.3) is 5.69 Å². The van der Waals surface area contributed by atoms with E-state index in [4.69, 9.17) is 9.15 Å². The Kier molecular flexibility index (Phi) is 5.59. The van der Waals surface area contributed by atoms with Crippen molar-refractivity contribution in [3.8, 4) is 0 Å². The van der Waals surface area contributed by atoms with Gasteiger partial charge in [0.15, 0.2) is 6.10 Å². The van der Waals surface area contributed by atoms with Gasteiger partial charge in [0.1, 0.15) is 11.1 Å². The lowest BCUT2D eigenvalue weighted by atomic mass is 9.99. The zero-order valence-corrected chi connectivity index (χ0v) is 16.5. The Hall–Kier alpha value is -4.59. The van der Waals surface area contributed by atoms with Crippen LogP contribution >= 0.6 is 0 Å². The molecule has 158 valence electrons. The van der Waals surface area contributed by atoms with E-state index in [9.17, 15) is 24.5 Å². The van der Waals surface area contributed by atoms with Gasteiger partial charge in [-0.3, -0.25) is 14.9 Å². The van der Waals surface area contributed by atoms with Crippen LogP contribution in [0.4, 0.5) is 5.69 Å². The van der Waals surface area contributed by atoms with Gasteiger partial charge in [-0.1, -0.05) is 48.5 Å². The predicted octanol–water partition coefficient (Wildman–Crippen LogP) is 4.48. The Morgan fingerprint density at radius 1 is 0.906 bits per heavy atom. The molecule has 32 heavy (non-hydrogen) atoms. The van der Waals surface area contributed by atoms with Crippen LogP contribution in [-0.4, -0.2) is 16.7 Å². The topological polar surface area (TPSA) is 117 Å². The van der Waals surface area contributed by atoms with Crippen LogP contribution in [0.15, 0.2) is 94.1 Å². The fourth-order valence-corrected chi connectivity index (χ4v) is 3.17. The third kappa shape index (κ3) is 4.15. The molecule has 0 aliphatic carbocycles. The molecule has 8 heteroatoms. The molecule has 0 radical (unpaired) electrons. The van der Waals surface area contributed by atoms with Crippen LogP contribution in [0.2, 0.25) is 0 Å². The molecular formula is C24H15NO7. The summed E-state index contributed by atoms with van der Waals surface area (Å²) in [6.45, 7) is 0. The third-order valence-electron chi connectivity index (χ3n) is 4.79. The maximum absolute atomic E-state index is 13.1. The Morgan fingerprint density at radius 3 is 2.25 bits per heavy atom. The summed E-state index contributed by atoms with van der Waals surface area (Å²) < 4.78 is 10.6. The summed E-state index contributed by atoms with van der Waals surface area (Å²) in [5, 5.41) is 11.5. The minimum Gasteiger partial charge on any atom is -0.445 e. The number of nitro groups is 1. The minimum absolute atomic E-state index is 0.179. The van der Waals surface area contributed by atoms with Crippen molar-refractivity contribution < 1.29 is 23.7 Å². The second-order valence-electron chi connectivity index (χ2n) is 6.85. The van der Waals surface area contributed by atoms with E-state index >= 15 is 0 Å². The summed E-state index contributed by atoms with van der Waals surface area (Å²) in [6, 6.07) is 21.2. The van der Waals surface area contributed by atoms with Crippen LogP contribution in [-0.2, 0) is 4.74 Å². The van der Waals surface area contributed by atoms with Crippen LogP contribution in [0, 0.1) is 10.1 Å². The number of Topliss-reactive ketones (excluding diaryl/α,β-unsaturated/α-hetero) is 1. The van der Waals surface area contributed by atoms with Crippen LogP contribution in [0.5, 0.6) is 0 Å². The Bertz CT molecular complexity index is 1380. The summed E-state index contributed by atoms with van der Waals surface area (Å²) in [5.74, 6) is -1.59. The molecule has 0 unspecified atom stereocenters. The number of esters is 1. The number of hydrogen-bond donors (Lipinski definition) is 0. The van der Waals surface area contributed by atoms with Crippen molar-refractivity contribution in [1.82, 2.24) is 0 Å². The number of hydrogen-bond acceptors (Lipinski definition) is 7. The van der Waals surface area contributed by atoms with Crippen molar-refractivity contribution in [3.63, 3.8) is 0 Å². The van der Waals surface area contributed by atoms with E-state index in [2.05, 4.69) is 0 Å². The van der Waals surface area contributed by atoms with E-state index < -0.39 is 28.4 Å². The molecule has 0 N–H and O–H groups in total. The van der Waals surface area contributed by atoms with Gasteiger partial charge < -0.3 is 9.15 Å². The van der Waals surface area contributed by atoms with Gasteiger partial charge in [-0.15, -0.1) is 0 Å². The van der Waals surface area contributed by atoms with Crippen molar-refractivity contribution in [1.29, 1.82) is 0 Å². The summed E-state index contributed by atoms with van der Waals surface area (Å²) >= 11 is 0. The first-order chi connectivity index (χ1) is 15.4. The molecule has 0 bridgehead atoms. The molecule has 8 nitrogen and oxygen atoms in total.